The van der Waals surface area contributed by atoms with Crippen molar-refractivity contribution in [2.24, 2.45) is 0 Å². The van der Waals surface area contributed by atoms with Crippen molar-refractivity contribution in [2.45, 2.75) is 0 Å². The molecule has 27 heavy (non-hydrogen) atoms. The summed E-state index contributed by atoms with van der Waals surface area (Å²) in [4.78, 5) is 7.23. The van der Waals surface area contributed by atoms with Crippen LogP contribution in [0.5, 0.6) is 0 Å². The van der Waals surface area contributed by atoms with Crippen molar-refractivity contribution in [3.05, 3.63) is 24.3 Å². The van der Waals surface area contributed by atoms with E-state index in [1.54, 1.807) is 0 Å². The van der Waals surface area contributed by atoms with Crippen LogP contribution in [0.4, 0.5) is 25.2 Å². The molecule has 2 aromatic rings. The Kier molecular flexibility index (Phi) is 6.72. The molecule has 0 amide bonds. The summed E-state index contributed by atoms with van der Waals surface area (Å²) >= 11 is 0. The third-order valence-corrected chi connectivity index (χ3v) is 5.25. The topological polar surface area (TPSA) is 49.7 Å². The first-order valence-corrected chi connectivity index (χ1v) is 10.8. The molecule has 1 aromatic heterocycles. The van der Waals surface area contributed by atoms with Gasteiger partial charge in [0.2, 0.25) is 15.1 Å². The van der Waals surface area contributed by atoms with Gasteiger partial charge in [0.1, 0.15) is 11.0 Å². The molecule has 0 saturated heterocycles. The first-order valence-electron chi connectivity index (χ1n) is 7.38. The van der Waals surface area contributed by atoms with E-state index in [1.165, 1.54) is 4.85 Å². The Morgan fingerprint density at radius 2 is 1.44 bits per heavy atom. The van der Waals surface area contributed by atoms with Crippen molar-refractivity contribution in [1.82, 2.24) is 29.2 Å². The van der Waals surface area contributed by atoms with Crippen LogP contribution in [-0.2, 0) is 0 Å². The Bertz CT molecular complexity index is 734. The van der Waals surface area contributed by atoms with Crippen molar-refractivity contribution >= 4 is 27.2 Å². The number of halogens is 6. The quantitative estimate of drug-likeness (QED) is 0.380. The molecule has 0 saturated carbocycles. The van der Waals surface area contributed by atoms with Gasteiger partial charge < -0.3 is 4.84 Å². The van der Waals surface area contributed by atoms with Gasteiger partial charge in [-0.1, -0.05) is 17.0 Å². The predicted octanol–water partition coefficient (Wildman–Crippen LogP) is 4.21. The minimum atomic E-state index is -10.7. The third-order valence-electron chi connectivity index (χ3n) is 2.84. The molecule has 0 spiro atoms. The number of para-hydroxylation sites is 1. The molecule has 2 rings (SSSR count). The summed E-state index contributed by atoms with van der Waals surface area (Å²) in [6.45, 7) is 0.456. The van der Waals surface area contributed by atoms with Crippen LogP contribution >= 0.6 is 16.2 Å². The van der Waals surface area contributed by atoms with E-state index in [0.29, 0.717) is 6.73 Å². The van der Waals surface area contributed by atoms with E-state index in [0.717, 1.165) is 11.0 Å². The predicted molar refractivity (Wildman–Crippen MR) is 96.0 cm³/mol. The van der Waals surface area contributed by atoms with Gasteiger partial charge in [-0.25, -0.2) is 0 Å². The van der Waals surface area contributed by atoms with Gasteiger partial charge in [0.15, 0.2) is 0 Å². The van der Waals surface area contributed by atoms with Crippen LogP contribution in [0.25, 0.3) is 11.0 Å². The zero-order chi connectivity index (χ0) is 21.1. The van der Waals surface area contributed by atoms with E-state index in [1.807, 2.05) is 31.3 Å². The van der Waals surface area contributed by atoms with Gasteiger partial charge in [-0.3, -0.25) is 0 Å². The zero-order valence-corrected chi connectivity index (χ0v) is 17.2. The molecule has 0 bridgehead atoms. The zero-order valence-electron chi connectivity index (χ0n) is 15.3. The van der Waals surface area contributed by atoms with Crippen molar-refractivity contribution in [2.75, 3.05) is 42.0 Å². The first-order chi connectivity index (χ1) is 12.0. The van der Waals surface area contributed by atoms with Crippen molar-refractivity contribution < 1.29 is 30.0 Å². The summed E-state index contributed by atoms with van der Waals surface area (Å²) in [7, 11) is -1.24. The Labute approximate surface area is 153 Å². The molecule has 0 unspecified atom stereocenters. The molecule has 0 atom stereocenters. The van der Waals surface area contributed by atoms with Gasteiger partial charge in [-0.15, -0.1) is 9.77 Å². The molecule has 0 aliphatic carbocycles. The average molecular weight is 442 g/mol. The van der Waals surface area contributed by atoms with Gasteiger partial charge >= 0.3 is 33.0 Å². The van der Waals surface area contributed by atoms with E-state index < -0.39 is 16.2 Å². The van der Waals surface area contributed by atoms with E-state index >= 15 is 0 Å². The number of hydrogen-bond acceptors (Lipinski definition) is 6. The van der Waals surface area contributed by atoms with E-state index in [-0.39, 0.29) is 0 Å². The van der Waals surface area contributed by atoms with Crippen LogP contribution in [0.3, 0.4) is 0 Å². The maximum atomic E-state index is 9.87. The average Bonchev–Trinajstić information content (AvgIpc) is 2.84. The third kappa shape index (κ3) is 10.0. The number of rotatable bonds is 6. The first kappa shape index (κ1) is 23.8. The number of nitrogens with zero attached hydrogens (tertiary/aromatic N) is 6. The number of benzene rings is 1. The Morgan fingerprint density at radius 1 is 0.963 bits per heavy atom. The normalized spacial score (nSPS) is 15.1. The number of aromatic nitrogens is 3. The van der Waals surface area contributed by atoms with Gasteiger partial charge in [0.05, 0.1) is 0 Å². The summed E-state index contributed by atoms with van der Waals surface area (Å²) in [5.41, 5.74) is 1.71. The second-order valence-electron chi connectivity index (χ2n) is 5.95. The molecular formula is C12H22F6N6OP2. The summed E-state index contributed by atoms with van der Waals surface area (Å²) < 4.78 is 65.8. The van der Waals surface area contributed by atoms with Gasteiger partial charge in [0.25, 0.3) is 0 Å². The van der Waals surface area contributed by atoms with Gasteiger partial charge in [0, 0.05) is 35.2 Å². The molecule has 0 aliphatic heterocycles. The SMILES string of the molecule is CN(C)[PH+](N(C)C)N(C)COn1nnc2ccccc21.F[P-](F)(F)(F)(F)F. The van der Waals surface area contributed by atoms with Crippen molar-refractivity contribution in [1.29, 1.82) is 0 Å². The standard InChI is InChI=1S/C12H21N6OP.F6P/c1-15(2)20(16(3)4)17(5)10-19-18-12-9-7-6-8-11(12)13-14-18;1-7(2,3,4,5)6/h6-9H,10H2,1-5H3;/q;-1/p+1. The molecular weight excluding hydrogens is 420 g/mol. The Morgan fingerprint density at radius 3 is 1.93 bits per heavy atom. The van der Waals surface area contributed by atoms with Crippen molar-refractivity contribution in [3.8, 4) is 0 Å². The summed E-state index contributed by atoms with van der Waals surface area (Å²) in [5, 5.41) is 8.09. The molecule has 0 fully saturated rings. The minimum absolute atomic E-state index is 0.456. The molecule has 0 aliphatic rings. The monoisotopic (exact) mass is 442 g/mol. The van der Waals surface area contributed by atoms with E-state index in [9.17, 15) is 25.2 Å². The fourth-order valence-corrected chi connectivity index (χ4v) is 4.56. The fraction of sp³-hybridized carbons (Fsp3) is 0.500. The second kappa shape index (κ2) is 7.63. The van der Waals surface area contributed by atoms with Gasteiger partial charge in [-0.2, -0.15) is 9.34 Å². The summed E-state index contributed by atoms with van der Waals surface area (Å²) in [5.74, 6) is 0. The molecule has 15 heteroatoms. The molecule has 158 valence electrons. The van der Waals surface area contributed by atoms with Crippen LogP contribution in [0, 0.1) is 0 Å². The molecule has 0 N–H and O–H groups in total. The Balaban J connectivity index is 0.000000445. The van der Waals surface area contributed by atoms with E-state index in [2.05, 4.69) is 52.5 Å². The fourth-order valence-electron chi connectivity index (χ4n) is 2.22. The van der Waals surface area contributed by atoms with E-state index in [4.69, 9.17) is 4.84 Å². The molecule has 0 radical (unpaired) electrons. The molecule has 7 nitrogen and oxygen atoms in total. The Hall–Kier alpha value is -1.26. The van der Waals surface area contributed by atoms with Crippen molar-refractivity contribution in [3.63, 3.8) is 0 Å². The summed E-state index contributed by atoms with van der Waals surface area (Å²) in [6.07, 6.45) is 0. The number of fused-ring (bicyclic) bond motifs is 1. The summed E-state index contributed by atoms with van der Waals surface area (Å²) in [6, 6.07) is 7.75. The van der Waals surface area contributed by atoms with Crippen LogP contribution < -0.4 is 4.84 Å². The van der Waals surface area contributed by atoms with Crippen LogP contribution in [0.15, 0.2) is 24.3 Å². The van der Waals surface area contributed by atoms with Crippen LogP contribution in [-0.4, -0.2) is 71.1 Å². The number of hydrogen-bond donors (Lipinski definition) is 0. The van der Waals surface area contributed by atoms with Gasteiger partial charge in [-0.05, 0) is 17.3 Å². The maximum absolute atomic E-state index is 10.7. The second-order valence-corrected chi connectivity index (χ2v) is 11.0. The van der Waals surface area contributed by atoms with Crippen LogP contribution in [0.1, 0.15) is 0 Å². The molecule has 1 aromatic carbocycles. The van der Waals surface area contributed by atoms with Crippen LogP contribution in [0.2, 0.25) is 0 Å². The molecule has 1 heterocycles.